The number of carboxylic acid groups (broad SMARTS) is 2. The van der Waals surface area contributed by atoms with Gasteiger partial charge in [0.2, 0.25) is 12.0 Å². The summed E-state index contributed by atoms with van der Waals surface area (Å²) in [4.78, 5) is 24.3. The molecule has 0 aromatic heterocycles. The number of rotatable bonds is 21. The minimum Gasteiger partial charge on any atom is -0.479 e. The quantitative estimate of drug-likeness (QED) is 0.0475. The molecule has 4 rings (SSSR count). The summed E-state index contributed by atoms with van der Waals surface area (Å²) in [6, 6.07) is -2.73. The molecule has 0 bridgehead atoms. The maximum atomic E-state index is 12.6. The van der Waals surface area contributed by atoms with E-state index in [1.165, 1.54) is 4.72 Å². The molecule has 4 aliphatic rings. The number of carbonyl (C=O) groups is 2. The molecule has 0 amide bonds. The number of hydrogen-bond donors (Lipinski definition) is 13. The Labute approximate surface area is 363 Å². The first-order valence-corrected chi connectivity index (χ1v) is 23.9. The first-order chi connectivity index (χ1) is 29.6. The van der Waals surface area contributed by atoms with Gasteiger partial charge in [0.05, 0.1) is 19.8 Å². The molecule has 378 valence electrons. The van der Waals surface area contributed by atoms with Crippen LogP contribution in [0.4, 0.5) is 0 Å². The maximum Gasteiger partial charge on any atom is 0.397 e. The third kappa shape index (κ3) is 15.4. The fourth-order valence-electron chi connectivity index (χ4n) is 6.31. The molecule has 0 aromatic carbocycles. The summed E-state index contributed by atoms with van der Waals surface area (Å²) in [6.07, 6.45) is -40.0. The van der Waals surface area contributed by atoms with Crippen molar-refractivity contribution < 1.29 is 160 Å². The average Bonchev–Trinajstić information content (AvgIpc) is 3.43. The molecule has 3 fully saturated rings. The zero-order valence-corrected chi connectivity index (χ0v) is 35.4. The first kappa shape index (κ1) is 55.0. The Kier molecular flexibility index (Phi) is 17.7. The molecular weight excluding hydrogens is 1020 g/mol. The Hall–Kier alpha value is -2.61. The topological polar surface area (TPSA) is 561 Å². The van der Waals surface area contributed by atoms with E-state index in [9.17, 15) is 106 Å². The Balaban J connectivity index is 1.77. The van der Waals surface area contributed by atoms with Crippen LogP contribution in [0, 0.1) is 0 Å². The smallest absolute Gasteiger partial charge is 0.397 e. The zero-order valence-electron chi connectivity index (χ0n) is 31.3. The van der Waals surface area contributed by atoms with Gasteiger partial charge in [0, 0.05) is 0 Å². The lowest BCUT2D eigenvalue weighted by molar-refractivity contribution is -0.353. The fourth-order valence-corrected chi connectivity index (χ4v) is 8.49. The summed E-state index contributed by atoms with van der Waals surface area (Å²) >= 11 is 0. The number of aliphatic hydroxyl groups is 5. The number of carboxylic acids is 2. The van der Waals surface area contributed by atoms with Crippen LogP contribution in [0.25, 0.3) is 0 Å². The van der Waals surface area contributed by atoms with Crippen molar-refractivity contribution in [3.05, 3.63) is 11.8 Å². The van der Waals surface area contributed by atoms with Gasteiger partial charge in [-0.3, -0.25) is 22.8 Å². The Morgan fingerprint density at radius 3 is 1.55 bits per heavy atom. The predicted molar refractivity (Wildman–Crippen MR) is 186 cm³/mol. The molecule has 0 spiro atoms. The summed E-state index contributed by atoms with van der Waals surface area (Å²) < 4.78 is 219. The minimum atomic E-state index is -5.85. The van der Waals surface area contributed by atoms with Gasteiger partial charge in [0.15, 0.2) is 30.9 Å². The molecule has 17 unspecified atom stereocenters. The average molecular weight is 1060 g/mol. The van der Waals surface area contributed by atoms with Crippen LogP contribution in [0.1, 0.15) is 0 Å². The molecule has 65 heavy (non-hydrogen) atoms. The van der Waals surface area contributed by atoms with Crippen LogP contribution < -0.4 is 4.72 Å². The molecular formula is C24H37NO35S5. The van der Waals surface area contributed by atoms with Crippen LogP contribution in [-0.4, -0.2) is 237 Å². The maximum absolute atomic E-state index is 12.6. The second-order valence-corrected chi connectivity index (χ2v) is 18.8. The second kappa shape index (κ2) is 20.9. The van der Waals surface area contributed by atoms with E-state index >= 15 is 0 Å². The first-order valence-electron chi connectivity index (χ1n) is 17.0. The highest BCUT2D eigenvalue weighted by atomic mass is 32.3. The van der Waals surface area contributed by atoms with Gasteiger partial charge in [-0.15, -0.1) is 0 Å². The summed E-state index contributed by atoms with van der Waals surface area (Å²) in [5.41, 5.74) is 0. The Bertz CT molecular complexity index is 2300. The van der Waals surface area contributed by atoms with Crippen molar-refractivity contribution in [3.63, 3.8) is 0 Å². The van der Waals surface area contributed by atoms with Crippen molar-refractivity contribution in [3.8, 4) is 0 Å². The monoisotopic (exact) mass is 1060 g/mol. The van der Waals surface area contributed by atoms with Gasteiger partial charge in [-0.2, -0.15) is 46.8 Å². The summed E-state index contributed by atoms with van der Waals surface area (Å²) in [7, 11) is -28.0. The Morgan fingerprint density at radius 1 is 0.585 bits per heavy atom. The van der Waals surface area contributed by atoms with E-state index in [1.807, 2.05) is 0 Å². The van der Waals surface area contributed by atoms with Crippen molar-refractivity contribution in [2.45, 2.75) is 104 Å². The van der Waals surface area contributed by atoms with Crippen LogP contribution in [0.5, 0.6) is 0 Å². The van der Waals surface area contributed by atoms with Crippen molar-refractivity contribution in [2.75, 3.05) is 19.8 Å². The van der Waals surface area contributed by atoms with Crippen LogP contribution in [0.3, 0.4) is 0 Å². The summed E-state index contributed by atoms with van der Waals surface area (Å²) in [5.74, 6) is -5.52. The number of ether oxygens (including phenoxy) is 7. The molecule has 4 heterocycles. The zero-order chi connectivity index (χ0) is 49.4. The molecule has 0 aromatic rings. The van der Waals surface area contributed by atoms with E-state index < -0.39 is 194 Å². The number of aliphatic hydroxyl groups excluding tert-OH is 5. The molecule has 0 radical (unpaired) electrons. The highest BCUT2D eigenvalue weighted by molar-refractivity contribution is 7.83. The van der Waals surface area contributed by atoms with Gasteiger partial charge in [-0.25, -0.2) is 26.3 Å². The third-order valence-corrected chi connectivity index (χ3v) is 11.2. The van der Waals surface area contributed by atoms with Crippen molar-refractivity contribution >= 4 is 63.8 Å². The SMILES string of the molecule is O=C(O)C1=CC(O)C(OS(=O)(=O)O)C(OC2C(COS(=O)(=O)O)OC(OC3C(C(=O)O)OC(OC4C(COS(=O)(=O)O)OC(CO)C4O)C(OS(=O)(=O)O)C3O)C(NS(=O)(=O)O)C2O)O1. The molecule has 0 aliphatic carbocycles. The van der Waals surface area contributed by atoms with Gasteiger partial charge in [0.1, 0.15) is 67.1 Å². The number of aliphatic carboxylic acids is 2. The number of hydrogen-bond acceptors (Lipinski definition) is 28. The molecule has 41 heteroatoms. The lowest BCUT2D eigenvalue weighted by Crippen LogP contribution is -2.69. The Morgan fingerprint density at radius 2 is 1.08 bits per heavy atom. The third-order valence-electron chi connectivity index (χ3n) is 8.82. The highest BCUT2D eigenvalue weighted by Gasteiger charge is 2.58. The van der Waals surface area contributed by atoms with E-state index in [-0.39, 0.29) is 0 Å². The van der Waals surface area contributed by atoms with Crippen molar-refractivity contribution in [1.29, 1.82) is 0 Å². The lowest BCUT2D eigenvalue weighted by Gasteiger charge is -2.48. The van der Waals surface area contributed by atoms with Gasteiger partial charge < -0.3 is 68.9 Å². The largest absolute Gasteiger partial charge is 0.479 e. The second-order valence-electron chi connectivity index (χ2n) is 13.3. The highest BCUT2D eigenvalue weighted by Crippen LogP contribution is 2.36. The van der Waals surface area contributed by atoms with Crippen molar-refractivity contribution in [2.24, 2.45) is 0 Å². The van der Waals surface area contributed by atoms with Gasteiger partial charge >= 0.3 is 63.8 Å². The van der Waals surface area contributed by atoms with Crippen LogP contribution in [0.2, 0.25) is 0 Å². The molecule has 13 N–H and O–H groups in total. The summed E-state index contributed by atoms with van der Waals surface area (Å²) in [6.45, 7) is -3.96. The number of nitrogens with one attached hydrogen (secondary N) is 1. The van der Waals surface area contributed by atoms with Gasteiger partial charge in [-0.1, -0.05) is 0 Å². The molecule has 17 atom stereocenters. The van der Waals surface area contributed by atoms with E-state index in [1.54, 1.807) is 0 Å². The fraction of sp³-hybridized carbons (Fsp3) is 0.833. The molecule has 3 saturated heterocycles. The van der Waals surface area contributed by atoms with E-state index in [0.717, 1.165) is 0 Å². The van der Waals surface area contributed by atoms with Crippen LogP contribution >= 0.6 is 0 Å². The van der Waals surface area contributed by atoms with E-state index in [0.29, 0.717) is 6.08 Å². The van der Waals surface area contributed by atoms with Gasteiger partial charge in [0.25, 0.3) is 0 Å². The van der Waals surface area contributed by atoms with Crippen LogP contribution in [0.15, 0.2) is 11.8 Å². The normalized spacial score (nSPS) is 37.6. The standard InChI is InChI=1S/C24H37NO35S5/c26-2-7-11(28)15(8(52-7)3-50-62(38,39)40)55-24-18(60-65(47,48)49)13(30)17(19(58-24)21(33)34)57-22-10(25-61(35,36)37)12(29)16(9(54-22)4-51-63(41,42)43)56-23-14(59-64(44,45)46)5(27)1-6(53-23)20(31)32/h1,5,7-19,22-30H,2-4H2,(H,31,32)(H,33,34)(H,35,36,37)(H,38,39,40)(H,41,42,43)(H,44,45,46)(H,47,48,49). The molecule has 0 saturated carbocycles. The van der Waals surface area contributed by atoms with Crippen molar-refractivity contribution in [1.82, 2.24) is 4.72 Å². The van der Waals surface area contributed by atoms with E-state index in [2.05, 4.69) is 16.7 Å². The van der Waals surface area contributed by atoms with Crippen LogP contribution in [-0.2, 0) is 111 Å². The molecule has 36 nitrogen and oxygen atoms in total. The predicted octanol–water partition coefficient (Wildman–Crippen LogP) is -9.02. The minimum absolute atomic E-state index is 0.300. The summed E-state index contributed by atoms with van der Waals surface area (Å²) in [5, 5.41) is 73.1. The molecule has 4 aliphatic heterocycles. The van der Waals surface area contributed by atoms with E-state index in [4.69, 9.17) is 37.7 Å². The lowest BCUT2D eigenvalue weighted by atomic mass is 9.95. The van der Waals surface area contributed by atoms with Gasteiger partial charge in [-0.05, 0) is 6.08 Å².